The van der Waals surface area contributed by atoms with Gasteiger partial charge < -0.3 is 0 Å². The Morgan fingerprint density at radius 1 is 1.12 bits per heavy atom. The van der Waals surface area contributed by atoms with Gasteiger partial charge in [0.05, 0.1) is 35.6 Å². The first-order valence-corrected chi connectivity index (χ1v) is 9.21. The van der Waals surface area contributed by atoms with Crippen LogP contribution in [0.25, 0.3) is 0 Å². The Balaban J connectivity index is 1.91. The fourth-order valence-corrected chi connectivity index (χ4v) is 4.65. The van der Waals surface area contributed by atoms with Crippen molar-refractivity contribution in [1.29, 1.82) is 0 Å². The van der Waals surface area contributed by atoms with Gasteiger partial charge in [-0.1, -0.05) is 35.0 Å². The Labute approximate surface area is 148 Å². The summed E-state index contributed by atoms with van der Waals surface area (Å²) in [5, 5.41) is 7.87. The standard InChI is InChI=1S/C16H12ClFN4O2S/c17-12-5-13(18)7-15(6-12)25(23,24)22-10-14-8-19-20-21(14)9-11-3-1-2-4-16(11)22/h1-8H,9-10H2. The van der Waals surface area contributed by atoms with Crippen LogP contribution in [0.1, 0.15) is 11.3 Å². The summed E-state index contributed by atoms with van der Waals surface area (Å²) in [6, 6.07) is 10.4. The van der Waals surface area contributed by atoms with Crippen LogP contribution in [0.5, 0.6) is 0 Å². The summed E-state index contributed by atoms with van der Waals surface area (Å²) in [5.41, 5.74) is 1.94. The van der Waals surface area contributed by atoms with E-state index in [0.29, 0.717) is 17.9 Å². The van der Waals surface area contributed by atoms with Crippen molar-refractivity contribution >= 4 is 27.3 Å². The second-order valence-corrected chi connectivity index (χ2v) is 7.93. The molecule has 0 bridgehead atoms. The van der Waals surface area contributed by atoms with Crippen molar-refractivity contribution in [3.05, 3.63) is 70.8 Å². The molecule has 3 aromatic rings. The highest BCUT2D eigenvalue weighted by atomic mass is 35.5. The summed E-state index contributed by atoms with van der Waals surface area (Å²) in [6.45, 7) is 0.446. The molecule has 0 amide bonds. The molecule has 0 saturated carbocycles. The zero-order valence-corrected chi connectivity index (χ0v) is 14.4. The smallest absolute Gasteiger partial charge is 0.260 e. The van der Waals surface area contributed by atoms with Crippen LogP contribution in [-0.4, -0.2) is 23.4 Å². The maximum atomic E-state index is 13.7. The summed E-state index contributed by atoms with van der Waals surface area (Å²) in [5.74, 6) is -0.708. The topological polar surface area (TPSA) is 68.1 Å². The highest BCUT2D eigenvalue weighted by Gasteiger charge is 2.31. The maximum absolute atomic E-state index is 13.7. The Morgan fingerprint density at radius 2 is 1.92 bits per heavy atom. The lowest BCUT2D eigenvalue weighted by Crippen LogP contribution is -2.30. The van der Waals surface area contributed by atoms with E-state index in [-0.39, 0.29) is 16.5 Å². The van der Waals surface area contributed by atoms with Crippen LogP contribution in [0.2, 0.25) is 5.02 Å². The van der Waals surface area contributed by atoms with Crippen LogP contribution >= 0.6 is 11.6 Å². The SMILES string of the molecule is O=S(=O)(c1cc(F)cc(Cl)c1)N1Cc2cnnn2Cc2ccccc21. The molecule has 2 heterocycles. The highest BCUT2D eigenvalue weighted by Crippen LogP contribution is 2.32. The molecule has 1 aromatic heterocycles. The van der Waals surface area contributed by atoms with Gasteiger partial charge in [-0.2, -0.15) is 0 Å². The number of rotatable bonds is 2. The summed E-state index contributed by atoms with van der Waals surface area (Å²) >= 11 is 5.84. The van der Waals surface area contributed by atoms with Crippen molar-refractivity contribution in [3.8, 4) is 0 Å². The molecule has 128 valence electrons. The molecule has 9 heteroatoms. The van der Waals surface area contributed by atoms with Gasteiger partial charge in [0.15, 0.2) is 0 Å². The van der Waals surface area contributed by atoms with Crippen LogP contribution in [0.15, 0.2) is 53.6 Å². The van der Waals surface area contributed by atoms with E-state index in [1.807, 2.05) is 12.1 Å². The third-order valence-corrected chi connectivity index (χ3v) is 5.96. The van der Waals surface area contributed by atoms with Gasteiger partial charge in [-0.05, 0) is 29.8 Å². The quantitative estimate of drug-likeness (QED) is 0.687. The monoisotopic (exact) mass is 378 g/mol. The lowest BCUT2D eigenvalue weighted by atomic mass is 10.2. The molecule has 0 saturated heterocycles. The van der Waals surface area contributed by atoms with Crippen molar-refractivity contribution in [2.75, 3.05) is 4.31 Å². The lowest BCUT2D eigenvalue weighted by molar-refractivity contribution is 0.584. The largest absolute Gasteiger partial charge is 0.264 e. The van der Waals surface area contributed by atoms with Crippen molar-refractivity contribution in [3.63, 3.8) is 0 Å². The van der Waals surface area contributed by atoms with Crippen molar-refractivity contribution < 1.29 is 12.8 Å². The number of hydrogen-bond acceptors (Lipinski definition) is 4. The molecule has 0 N–H and O–H groups in total. The summed E-state index contributed by atoms with van der Waals surface area (Å²) in [6.07, 6.45) is 1.52. The van der Waals surface area contributed by atoms with Gasteiger partial charge in [0.1, 0.15) is 5.82 Å². The molecule has 0 unspecified atom stereocenters. The van der Waals surface area contributed by atoms with Crippen LogP contribution < -0.4 is 4.31 Å². The predicted molar refractivity (Wildman–Crippen MR) is 90.3 cm³/mol. The van der Waals surface area contributed by atoms with E-state index in [4.69, 9.17) is 11.6 Å². The summed E-state index contributed by atoms with van der Waals surface area (Å²) < 4.78 is 43.0. The first-order valence-electron chi connectivity index (χ1n) is 7.39. The van der Waals surface area contributed by atoms with Crippen molar-refractivity contribution in [2.24, 2.45) is 0 Å². The van der Waals surface area contributed by atoms with E-state index >= 15 is 0 Å². The molecule has 6 nitrogen and oxygen atoms in total. The average Bonchev–Trinajstić information content (AvgIpc) is 2.93. The third kappa shape index (κ3) is 2.77. The number of hydrogen-bond donors (Lipinski definition) is 0. The first-order chi connectivity index (χ1) is 11.9. The summed E-state index contributed by atoms with van der Waals surface area (Å²) in [4.78, 5) is -0.201. The molecule has 1 aliphatic heterocycles. The van der Waals surface area contributed by atoms with Gasteiger partial charge in [-0.3, -0.25) is 4.31 Å². The number of sulfonamides is 1. The van der Waals surface area contributed by atoms with Crippen LogP contribution in [0.3, 0.4) is 0 Å². The van der Waals surface area contributed by atoms with Gasteiger partial charge in [0, 0.05) is 5.02 Å². The van der Waals surface area contributed by atoms with Crippen molar-refractivity contribution in [1.82, 2.24) is 15.0 Å². The minimum absolute atomic E-state index is 0.0217. The highest BCUT2D eigenvalue weighted by molar-refractivity contribution is 7.92. The van der Waals surface area contributed by atoms with E-state index < -0.39 is 15.8 Å². The zero-order chi connectivity index (χ0) is 17.6. The second kappa shape index (κ2) is 5.82. The van der Waals surface area contributed by atoms with E-state index in [0.717, 1.165) is 17.7 Å². The number of benzene rings is 2. The van der Waals surface area contributed by atoms with E-state index in [1.165, 1.54) is 16.6 Å². The number of halogens is 2. The fraction of sp³-hybridized carbons (Fsp3) is 0.125. The van der Waals surface area contributed by atoms with Crippen molar-refractivity contribution in [2.45, 2.75) is 18.0 Å². The molecule has 0 spiro atoms. The number of aromatic nitrogens is 3. The van der Waals surface area contributed by atoms with Crippen LogP contribution in [0, 0.1) is 5.82 Å². The third-order valence-electron chi connectivity index (χ3n) is 4.01. The van der Waals surface area contributed by atoms with Crippen LogP contribution in [0.4, 0.5) is 10.1 Å². The molecule has 25 heavy (non-hydrogen) atoms. The Hall–Kier alpha value is -2.45. The normalized spacial score (nSPS) is 13.9. The molecular formula is C16H12ClFN4O2S. The molecule has 0 atom stereocenters. The minimum atomic E-state index is -4.02. The minimum Gasteiger partial charge on any atom is -0.260 e. The van der Waals surface area contributed by atoms with E-state index in [2.05, 4.69) is 10.3 Å². The van der Waals surface area contributed by atoms with E-state index in [1.54, 1.807) is 16.8 Å². The fourth-order valence-electron chi connectivity index (χ4n) is 2.84. The molecule has 0 fully saturated rings. The molecule has 1 aliphatic rings. The second-order valence-electron chi connectivity index (χ2n) is 5.63. The number of nitrogens with zero attached hydrogens (tertiary/aromatic N) is 4. The predicted octanol–water partition coefficient (Wildman–Crippen LogP) is 2.83. The van der Waals surface area contributed by atoms with Gasteiger partial charge >= 0.3 is 0 Å². The van der Waals surface area contributed by atoms with Gasteiger partial charge in [0.2, 0.25) is 0 Å². The molecule has 2 aromatic carbocycles. The number of anilines is 1. The van der Waals surface area contributed by atoms with Crippen LogP contribution in [-0.2, 0) is 23.1 Å². The molecule has 4 rings (SSSR count). The average molecular weight is 379 g/mol. The van der Waals surface area contributed by atoms with E-state index in [9.17, 15) is 12.8 Å². The first kappa shape index (κ1) is 16.0. The zero-order valence-electron chi connectivity index (χ0n) is 12.8. The number of para-hydroxylation sites is 1. The Kier molecular flexibility index (Phi) is 3.73. The summed E-state index contributed by atoms with van der Waals surface area (Å²) in [7, 11) is -4.02. The molecule has 0 aliphatic carbocycles. The maximum Gasteiger partial charge on any atom is 0.264 e. The number of fused-ring (bicyclic) bond motifs is 2. The van der Waals surface area contributed by atoms with Gasteiger partial charge in [-0.25, -0.2) is 17.5 Å². The van der Waals surface area contributed by atoms with Gasteiger partial charge in [-0.15, -0.1) is 5.10 Å². The molecular weight excluding hydrogens is 367 g/mol. The van der Waals surface area contributed by atoms with Gasteiger partial charge in [0.25, 0.3) is 10.0 Å². The molecule has 0 radical (unpaired) electrons. The Bertz CT molecular complexity index is 1050. The Morgan fingerprint density at radius 3 is 2.72 bits per heavy atom. The lowest BCUT2D eigenvalue weighted by Gasteiger charge is -2.24.